The number of rotatable bonds is 5. The maximum absolute atomic E-state index is 5.97. The lowest BCUT2D eigenvalue weighted by Crippen LogP contribution is -2.15. The fourth-order valence-electron chi connectivity index (χ4n) is 2.23. The van der Waals surface area contributed by atoms with E-state index in [1.165, 1.54) is 18.4 Å². The topological polar surface area (TPSA) is 34.4 Å². The van der Waals surface area contributed by atoms with Gasteiger partial charge in [-0.15, -0.1) is 0 Å². The van der Waals surface area contributed by atoms with Gasteiger partial charge in [-0.3, -0.25) is 0 Å². The molecule has 0 bridgehead atoms. The van der Waals surface area contributed by atoms with Gasteiger partial charge in [0.25, 0.3) is 0 Å². The summed E-state index contributed by atoms with van der Waals surface area (Å²) in [6, 6.07) is 6.78. The Hall–Kier alpha value is -1.48. The second kappa shape index (κ2) is 4.65. The van der Waals surface area contributed by atoms with Gasteiger partial charge in [-0.1, -0.05) is 12.1 Å². The van der Waals surface area contributed by atoms with E-state index in [1.807, 2.05) is 19.1 Å². The van der Waals surface area contributed by atoms with Crippen LogP contribution in [0.1, 0.15) is 31.1 Å². The van der Waals surface area contributed by atoms with Crippen LogP contribution in [-0.4, -0.2) is 12.6 Å². The Labute approximate surface area is 107 Å². The highest BCUT2D eigenvalue weighted by atomic mass is 16.5. The first-order chi connectivity index (χ1) is 8.79. The zero-order valence-electron chi connectivity index (χ0n) is 11.0. The van der Waals surface area contributed by atoms with E-state index in [-0.39, 0.29) is 0 Å². The fraction of sp³-hybridized carbons (Fsp3) is 0.467. The van der Waals surface area contributed by atoms with E-state index in [0.29, 0.717) is 12.6 Å². The maximum atomic E-state index is 5.97. The average molecular weight is 245 g/mol. The maximum Gasteiger partial charge on any atom is 0.176 e. The lowest BCUT2D eigenvalue weighted by molar-refractivity contribution is 0.337. The predicted octanol–water partition coefficient (Wildman–Crippen LogP) is 3.39. The molecule has 0 spiro atoms. The fourth-order valence-corrected chi connectivity index (χ4v) is 2.23. The molecule has 1 aromatic carbocycles. The Morgan fingerprint density at radius 1 is 1.39 bits per heavy atom. The van der Waals surface area contributed by atoms with Crippen molar-refractivity contribution in [2.75, 3.05) is 6.61 Å². The molecule has 96 valence electrons. The van der Waals surface area contributed by atoms with Crippen molar-refractivity contribution in [2.45, 2.75) is 39.3 Å². The van der Waals surface area contributed by atoms with E-state index in [0.717, 1.165) is 29.0 Å². The third kappa shape index (κ3) is 2.10. The van der Waals surface area contributed by atoms with Gasteiger partial charge in [-0.2, -0.15) is 0 Å². The van der Waals surface area contributed by atoms with Gasteiger partial charge >= 0.3 is 0 Å². The van der Waals surface area contributed by atoms with Gasteiger partial charge in [0.05, 0.1) is 13.2 Å². The molecule has 0 amide bonds. The number of benzene rings is 1. The lowest BCUT2D eigenvalue weighted by atomic mass is 10.1. The molecule has 0 atom stereocenters. The Bertz CT molecular complexity index is 555. The van der Waals surface area contributed by atoms with Crippen molar-refractivity contribution >= 4 is 11.0 Å². The van der Waals surface area contributed by atoms with Gasteiger partial charge in [-0.25, -0.2) is 0 Å². The van der Waals surface area contributed by atoms with E-state index in [1.54, 1.807) is 0 Å². The zero-order valence-corrected chi connectivity index (χ0v) is 11.0. The minimum Gasteiger partial charge on any atom is -0.490 e. The van der Waals surface area contributed by atoms with Crippen molar-refractivity contribution < 1.29 is 9.15 Å². The number of aryl methyl sites for hydroxylation is 1. The molecule has 0 radical (unpaired) electrons. The number of fused-ring (bicyclic) bond motifs is 1. The highest BCUT2D eigenvalue weighted by Crippen LogP contribution is 2.32. The van der Waals surface area contributed by atoms with E-state index >= 15 is 0 Å². The second-order valence-electron chi connectivity index (χ2n) is 4.87. The van der Waals surface area contributed by atoms with Gasteiger partial charge in [0.2, 0.25) is 0 Å². The zero-order chi connectivity index (χ0) is 12.5. The van der Waals surface area contributed by atoms with Gasteiger partial charge in [0, 0.05) is 11.4 Å². The highest BCUT2D eigenvalue weighted by molar-refractivity contribution is 5.87. The van der Waals surface area contributed by atoms with Gasteiger partial charge in [0.15, 0.2) is 11.3 Å². The number of hydrogen-bond acceptors (Lipinski definition) is 3. The molecule has 3 heteroatoms. The van der Waals surface area contributed by atoms with Crippen LogP contribution >= 0.6 is 0 Å². The van der Waals surface area contributed by atoms with Gasteiger partial charge in [0.1, 0.15) is 5.76 Å². The summed E-state index contributed by atoms with van der Waals surface area (Å²) in [5, 5.41) is 4.65. The SMILES string of the molecule is CCOc1cccc2c(C)c(CNC3CC3)oc12. The van der Waals surface area contributed by atoms with Crippen molar-refractivity contribution in [1.29, 1.82) is 0 Å². The minimum atomic E-state index is 0.661. The van der Waals surface area contributed by atoms with Crippen LogP contribution in [-0.2, 0) is 6.54 Å². The summed E-state index contributed by atoms with van der Waals surface area (Å²) in [5.74, 6) is 1.87. The van der Waals surface area contributed by atoms with E-state index in [9.17, 15) is 0 Å². The second-order valence-corrected chi connectivity index (χ2v) is 4.87. The molecule has 1 aliphatic rings. The molecule has 3 rings (SSSR count). The van der Waals surface area contributed by atoms with Crippen LogP contribution in [0.15, 0.2) is 22.6 Å². The molecule has 1 saturated carbocycles. The van der Waals surface area contributed by atoms with Gasteiger partial charge in [-0.05, 0) is 38.3 Å². The molecule has 1 N–H and O–H groups in total. The van der Waals surface area contributed by atoms with Crippen molar-refractivity contribution in [3.8, 4) is 5.75 Å². The first-order valence-electron chi connectivity index (χ1n) is 6.66. The molecule has 0 unspecified atom stereocenters. The summed E-state index contributed by atoms with van der Waals surface area (Å²) < 4.78 is 11.6. The first-order valence-corrected chi connectivity index (χ1v) is 6.66. The molecule has 2 aromatic rings. The summed E-state index contributed by atoms with van der Waals surface area (Å²) in [5.41, 5.74) is 2.10. The third-order valence-corrected chi connectivity index (χ3v) is 3.45. The van der Waals surface area contributed by atoms with Crippen LogP contribution in [0.25, 0.3) is 11.0 Å². The molecule has 1 fully saturated rings. The van der Waals surface area contributed by atoms with Crippen LogP contribution in [0.5, 0.6) is 5.75 Å². The smallest absolute Gasteiger partial charge is 0.176 e. The minimum absolute atomic E-state index is 0.661. The Morgan fingerprint density at radius 3 is 2.94 bits per heavy atom. The molecule has 1 aromatic heterocycles. The van der Waals surface area contributed by atoms with Crippen LogP contribution in [0, 0.1) is 6.92 Å². The van der Waals surface area contributed by atoms with Crippen LogP contribution in [0.3, 0.4) is 0 Å². The summed E-state index contributed by atoms with van der Waals surface area (Å²) in [6.45, 7) is 5.58. The number of hydrogen-bond donors (Lipinski definition) is 1. The standard InChI is InChI=1S/C15H19NO2/c1-3-17-13-6-4-5-12-10(2)14(18-15(12)13)9-16-11-7-8-11/h4-6,11,16H,3,7-9H2,1-2H3. The Morgan fingerprint density at radius 2 is 2.22 bits per heavy atom. The largest absolute Gasteiger partial charge is 0.490 e. The normalized spacial score (nSPS) is 15.2. The average Bonchev–Trinajstić information content (AvgIpc) is 3.14. The van der Waals surface area contributed by atoms with E-state index < -0.39 is 0 Å². The summed E-state index contributed by atoms with van der Waals surface area (Å²) >= 11 is 0. The lowest BCUT2D eigenvalue weighted by Gasteiger charge is -2.02. The molecular formula is C15H19NO2. The van der Waals surface area contributed by atoms with Crippen LogP contribution in [0.2, 0.25) is 0 Å². The molecule has 18 heavy (non-hydrogen) atoms. The Balaban J connectivity index is 1.94. The molecule has 0 aliphatic heterocycles. The third-order valence-electron chi connectivity index (χ3n) is 3.45. The van der Waals surface area contributed by atoms with Crippen molar-refractivity contribution in [3.63, 3.8) is 0 Å². The van der Waals surface area contributed by atoms with Crippen molar-refractivity contribution in [3.05, 3.63) is 29.5 Å². The molecule has 3 nitrogen and oxygen atoms in total. The van der Waals surface area contributed by atoms with Crippen LogP contribution in [0.4, 0.5) is 0 Å². The monoisotopic (exact) mass is 245 g/mol. The first kappa shape index (κ1) is 11.6. The van der Waals surface area contributed by atoms with Crippen molar-refractivity contribution in [1.82, 2.24) is 5.32 Å². The number of nitrogens with one attached hydrogen (secondary N) is 1. The summed E-state index contributed by atoms with van der Waals surface area (Å²) in [4.78, 5) is 0. The molecule has 0 saturated heterocycles. The molecule has 1 aliphatic carbocycles. The van der Waals surface area contributed by atoms with E-state index in [2.05, 4.69) is 18.3 Å². The Kier molecular flexibility index (Phi) is 3.00. The highest BCUT2D eigenvalue weighted by Gasteiger charge is 2.22. The number of para-hydroxylation sites is 1. The van der Waals surface area contributed by atoms with Crippen molar-refractivity contribution in [2.24, 2.45) is 0 Å². The number of ether oxygens (including phenoxy) is 1. The quantitative estimate of drug-likeness (QED) is 0.876. The molecular weight excluding hydrogens is 226 g/mol. The number of furan rings is 1. The van der Waals surface area contributed by atoms with Gasteiger partial charge < -0.3 is 14.5 Å². The predicted molar refractivity (Wildman–Crippen MR) is 72.0 cm³/mol. The summed E-state index contributed by atoms with van der Waals surface area (Å²) in [6.07, 6.45) is 2.59. The van der Waals surface area contributed by atoms with Crippen LogP contribution < -0.4 is 10.1 Å². The molecule has 1 heterocycles. The summed E-state index contributed by atoms with van der Waals surface area (Å²) in [7, 11) is 0. The van der Waals surface area contributed by atoms with E-state index in [4.69, 9.17) is 9.15 Å².